The highest BCUT2D eigenvalue weighted by atomic mass is 16.7. The number of nitrogens with one attached hydrogen (secondary N) is 2. The van der Waals surface area contributed by atoms with Gasteiger partial charge >= 0.3 is 6.09 Å². The van der Waals surface area contributed by atoms with Gasteiger partial charge in [-0.2, -0.15) is 0 Å². The van der Waals surface area contributed by atoms with Gasteiger partial charge in [-0.1, -0.05) is 6.07 Å². The lowest BCUT2D eigenvalue weighted by Gasteiger charge is -2.10. The van der Waals surface area contributed by atoms with Crippen molar-refractivity contribution in [3.05, 3.63) is 66.6 Å². The molecule has 0 bridgehead atoms. The fourth-order valence-electron chi connectivity index (χ4n) is 4.11. The van der Waals surface area contributed by atoms with E-state index in [1.807, 2.05) is 37.4 Å². The largest absolute Gasteiger partial charge is 0.464 e. The van der Waals surface area contributed by atoms with Crippen molar-refractivity contribution >= 4 is 22.7 Å². The van der Waals surface area contributed by atoms with E-state index in [0.29, 0.717) is 18.9 Å². The van der Waals surface area contributed by atoms with Gasteiger partial charge in [-0.25, -0.2) is 4.79 Å². The molecule has 5 rings (SSSR count). The Morgan fingerprint density at radius 2 is 2.00 bits per heavy atom. The summed E-state index contributed by atoms with van der Waals surface area (Å²) in [5.74, 6) is 2.26. The van der Waals surface area contributed by atoms with Crippen LogP contribution < -0.4 is 20.1 Å². The van der Waals surface area contributed by atoms with Gasteiger partial charge in [0.1, 0.15) is 5.76 Å². The Morgan fingerprint density at radius 1 is 1.09 bits per heavy atom. The van der Waals surface area contributed by atoms with E-state index in [0.717, 1.165) is 58.6 Å². The molecule has 1 amide bonds. The topological polar surface area (TPSA) is 86.9 Å². The molecule has 34 heavy (non-hydrogen) atoms. The second-order valence-corrected chi connectivity index (χ2v) is 8.08. The molecule has 0 saturated carbocycles. The Kier molecular flexibility index (Phi) is 6.29. The molecule has 8 nitrogen and oxygen atoms in total. The first kappa shape index (κ1) is 21.8. The van der Waals surface area contributed by atoms with Crippen LogP contribution in [0.5, 0.6) is 11.5 Å². The summed E-state index contributed by atoms with van der Waals surface area (Å²) in [7, 11) is 1.92. The number of fused-ring (bicyclic) bond motifs is 2. The minimum atomic E-state index is -0.425. The van der Waals surface area contributed by atoms with Crippen LogP contribution in [0.15, 0.2) is 65.4 Å². The zero-order valence-electron chi connectivity index (χ0n) is 19.0. The molecule has 2 aromatic carbocycles. The third-order valence-corrected chi connectivity index (χ3v) is 5.86. The van der Waals surface area contributed by atoms with Gasteiger partial charge < -0.3 is 33.8 Å². The Morgan fingerprint density at radius 3 is 2.85 bits per heavy atom. The monoisotopic (exact) mass is 461 g/mol. The highest BCUT2D eigenvalue weighted by Crippen LogP contribution is 2.33. The summed E-state index contributed by atoms with van der Waals surface area (Å²) >= 11 is 0. The summed E-state index contributed by atoms with van der Waals surface area (Å²) < 4.78 is 23.8. The lowest BCUT2D eigenvalue weighted by molar-refractivity contribution is 0.143. The molecule has 0 aliphatic carbocycles. The predicted molar refractivity (Wildman–Crippen MR) is 129 cm³/mol. The van der Waals surface area contributed by atoms with Crippen LogP contribution in [0.2, 0.25) is 0 Å². The highest BCUT2D eigenvalue weighted by Gasteiger charge is 2.14. The minimum Gasteiger partial charge on any atom is -0.464 e. The molecule has 0 unspecified atom stereocenters. The van der Waals surface area contributed by atoms with Crippen LogP contribution in [0.1, 0.15) is 18.4 Å². The predicted octanol–water partition coefficient (Wildman–Crippen LogP) is 5.38. The summed E-state index contributed by atoms with van der Waals surface area (Å²) in [5, 5.41) is 7.21. The lowest BCUT2D eigenvalue weighted by Crippen LogP contribution is -2.24. The molecule has 2 aromatic heterocycles. The van der Waals surface area contributed by atoms with E-state index in [-0.39, 0.29) is 6.79 Å². The Bertz CT molecular complexity index is 1280. The maximum Gasteiger partial charge on any atom is 0.407 e. The molecule has 3 heterocycles. The van der Waals surface area contributed by atoms with Crippen LogP contribution in [0.4, 0.5) is 10.5 Å². The maximum atomic E-state index is 12.0. The zero-order valence-corrected chi connectivity index (χ0v) is 19.0. The highest BCUT2D eigenvalue weighted by molar-refractivity contribution is 5.96. The van der Waals surface area contributed by atoms with Crippen LogP contribution in [0.3, 0.4) is 0 Å². The second kappa shape index (κ2) is 9.82. The van der Waals surface area contributed by atoms with Crippen LogP contribution in [-0.4, -0.2) is 31.1 Å². The fraction of sp³-hybridized carbons (Fsp3) is 0.269. The van der Waals surface area contributed by atoms with Crippen molar-refractivity contribution in [2.24, 2.45) is 0 Å². The first-order valence-electron chi connectivity index (χ1n) is 11.3. The van der Waals surface area contributed by atoms with Gasteiger partial charge in [0.2, 0.25) is 6.79 Å². The number of rotatable bonds is 9. The zero-order chi connectivity index (χ0) is 23.3. The number of unbranched alkanes of at least 4 members (excludes halogenated alkanes) is 1. The number of benzene rings is 2. The quantitative estimate of drug-likeness (QED) is 0.326. The van der Waals surface area contributed by atoms with E-state index in [1.165, 1.54) is 0 Å². The minimum absolute atomic E-state index is 0.231. The van der Waals surface area contributed by atoms with Crippen molar-refractivity contribution in [2.75, 3.05) is 25.8 Å². The first-order valence-corrected chi connectivity index (χ1v) is 11.3. The molecule has 8 heteroatoms. The molecule has 0 radical (unpaired) electrons. The number of aromatic nitrogens is 1. The van der Waals surface area contributed by atoms with E-state index >= 15 is 0 Å². The third kappa shape index (κ3) is 4.66. The van der Waals surface area contributed by atoms with Crippen molar-refractivity contribution in [1.29, 1.82) is 0 Å². The van der Waals surface area contributed by atoms with Gasteiger partial charge in [0.05, 0.1) is 18.4 Å². The molecule has 0 fully saturated rings. The molecule has 1 aliphatic heterocycles. The number of aryl methyl sites for hydroxylation is 1. The van der Waals surface area contributed by atoms with Gasteiger partial charge in [0.25, 0.3) is 0 Å². The number of nitrogens with zero attached hydrogens (tertiary/aromatic N) is 1. The molecule has 4 aromatic rings. The van der Waals surface area contributed by atoms with E-state index in [1.54, 1.807) is 6.26 Å². The molecule has 1 aliphatic rings. The first-order chi connectivity index (χ1) is 16.7. The van der Waals surface area contributed by atoms with Crippen molar-refractivity contribution in [1.82, 2.24) is 9.88 Å². The normalized spacial score (nSPS) is 12.1. The standard InChI is InChI=1S/C26H27N3O5/c1-27-21-14-19(23-5-4-12-31-23)15-22-20(21)8-10-29(22)9-2-3-11-32-26(30)28-16-18-6-7-24-25(13-18)34-17-33-24/h4-8,10,12-15,27H,2-3,9,11,16-17H2,1H3,(H,28,30). The molecule has 176 valence electrons. The lowest BCUT2D eigenvalue weighted by atomic mass is 10.1. The smallest absolute Gasteiger partial charge is 0.407 e. The summed E-state index contributed by atoms with van der Waals surface area (Å²) in [6, 6.07) is 15.8. The van der Waals surface area contributed by atoms with Gasteiger partial charge in [0, 0.05) is 43.0 Å². The number of carbonyl (C=O) groups is 1. The van der Waals surface area contributed by atoms with Crippen LogP contribution >= 0.6 is 0 Å². The molecule has 2 N–H and O–H groups in total. The Balaban J connectivity index is 1.10. The number of carbonyl (C=O) groups excluding carboxylic acids is 1. The number of hydrogen-bond acceptors (Lipinski definition) is 6. The summed E-state index contributed by atoms with van der Waals surface area (Å²) in [6.45, 7) is 1.80. The number of hydrogen-bond donors (Lipinski definition) is 2. The van der Waals surface area contributed by atoms with E-state index in [4.69, 9.17) is 18.6 Å². The van der Waals surface area contributed by atoms with Crippen molar-refractivity contribution < 1.29 is 23.4 Å². The third-order valence-electron chi connectivity index (χ3n) is 5.86. The van der Waals surface area contributed by atoms with Crippen LogP contribution in [0, 0.1) is 0 Å². The van der Waals surface area contributed by atoms with Gasteiger partial charge in [0.15, 0.2) is 11.5 Å². The van der Waals surface area contributed by atoms with Crippen LogP contribution in [0.25, 0.3) is 22.2 Å². The van der Waals surface area contributed by atoms with Crippen LogP contribution in [-0.2, 0) is 17.8 Å². The van der Waals surface area contributed by atoms with E-state index in [2.05, 4.69) is 39.6 Å². The fourth-order valence-corrected chi connectivity index (χ4v) is 4.11. The molecule has 0 atom stereocenters. The van der Waals surface area contributed by atoms with E-state index in [9.17, 15) is 4.79 Å². The van der Waals surface area contributed by atoms with Crippen molar-refractivity contribution in [3.63, 3.8) is 0 Å². The number of amides is 1. The average Bonchev–Trinajstić information content (AvgIpc) is 3.62. The number of anilines is 1. The average molecular weight is 462 g/mol. The Labute approximate surface area is 197 Å². The SMILES string of the molecule is CNc1cc(-c2ccco2)cc2c1ccn2CCCCOC(=O)NCc1ccc2c(c1)OCO2. The number of alkyl carbamates (subject to hydrolysis) is 1. The number of furan rings is 1. The van der Waals surface area contributed by atoms with E-state index < -0.39 is 6.09 Å². The van der Waals surface area contributed by atoms with Crippen molar-refractivity contribution in [3.8, 4) is 22.8 Å². The number of ether oxygens (including phenoxy) is 3. The Hall–Kier alpha value is -4.07. The molecular weight excluding hydrogens is 434 g/mol. The van der Waals surface area contributed by atoms with Gasteiger partial charge in [-0.05, 0) is 60.9 Å². The second-order valence-electron chi connectivity index (χ2n) is 8.08. The summed E-state index contributed by atoms with van der Waals surface area (Å²) in [4.78, 5) is 12.0. The summed E-state index contributed by atoms with van der Waals surface area (Å²) in [5.41, 5.74) is 4.16. The van der Waals surface area contributed by atoms with Gasteiger partial charge in [-0.15, -0.1) is 0 Å². The molecular formula is C26H27N3O5. The maximum absolute atomic E-state index is 12.0. The molecule has 0 spiro atoms. The molecule has 0 saturated heterocycles. The van der Waals surface area contributed by atoms with Gasteiger partial charge in [-0.3, -0.25) is 0 Å². The van der Waals surface area contributed by atoms with Crippen molar-refractivity contribution in [2.45, 2.75) is 25.9 Å². The summed E-state index contributed by atoms with van der Waals surface area (Å²) in [6.07, 6.45) is 5.01.